The Hall–Kier alpha value is -1.84. The highest BCUT2D eigenvalue weighted by Crippen LogP contribution is 2.05. The number of carbonyl (C=O) groups excluding carboxylic acids is 2. The lowest BCUT2D eigenvalue weighted by Crippen LogP contribution is -1.85. The predicted octanol–water partition coefficient (Wildman–Crippen LogP) is 0.323. The summed E-state index contributed by atoms with van der Waals surface area (Å²) in [6, 6.07) is 8.90. The number of nitrogens with two attached hydrogens (primary N) is 1. The zero-order valence-corrected chi connectivity index (χ0v) is 6.34. The van der Waals surface area contributed by atoms with Gasteiger partial charge in [0.2, 0.25) is 6.41 Å². The molecule has 0 heterocycles. The average Bonchev–Trinajstić information content (AvgIpc) is 2.08. The number of rotatable bonds is 2. The Morgan fingerprint density at radius 3 is 2.08 bits per heavy atom. The van der Waals surface area contributed by atoms with E-state index in [1.54, 1.807) is 24.3 Å². The Labute approximate surface area is 69.9 Å². The molecule has 0 atom stereocenters. The van der Waals surface area contributed by atoms with Crippen molar-refractivity contribution in [3.05, 3.63) is 30.3 Å². The van der Waals surface area contributed by atoms with Crippen molar-refractivity contribution in [1.29, 1.82) is 0 Å². The van der Waals surface area contributed by atoms with Crippen LogP contribution in [0.4, 0.5) is 0 Å². The first-order valence-corrected chi connectivity index (χ1v) is 3.16. The van der Waals surface area contributed by atoms with Crippen LogP contribution in [0.15, 0.2) is 30.3 Å². The van der Waals surface area contributed by atoms with Crippen LogP contribution in [0.1, 0.15) is 0 Å². The molecule has 1 rings (SSSR count). The van der Waals surface area contributed by atoms with Crippen LogP contribution in [0.5, 0.6) is 5.75 Å². The van der Waals surface area contributed by atoms with Gasteiger partial charge < -0.3 is 10.5 Å². The lowest BCUT2D eigenvalue weighted by atomic mass is 10.3. The number of amides is 1. The molecular weight excluding hydrogens is 158 g/mol. The molecule has 0 bridgehead atoms. The van der Waals surface area contributed by atoms with Gasteiger partial charge in [-0.1, -0.05) is 18.2 Å². The molecule has 0 unspecified atom stereocenters. The highest BCUT2D eigenvalue weighted by Gasteiger charge is 1.84. The maximum absolute atomic E-state index is 9.75. The number of hydrogen-bond acceptors (Lipinski definition) is 3. The van der Waals surface area contributed by atoms with Gasteiger partial charge in [-0.25, -0.2) is 0 Å². The molecule has 0 aliphatic rings. The number of primary amides is 1. The van der Waals surface area contributed by atoms with E-state index in [-0.39, 0.29) is 6.41 Å². The Morgan fingerprint density at radius 2 is 1.67 bits per heavy atom. The molecule has 0 fully saturated rings. The van der Waals surface area contributed by atoms with E-state index in [2.05, 4.69) is 10.5 Å². The molecular formula is C8H9NO3. The van der Waals surface area contributed by atoms with E-state index < -0.39 is 0 Å². The molecule has 64 valence electrons. The van der Waals surface area contributed by atoms with Crippen molar-refractivity contribution in [1.82, 2.24) is 0 Å². The normalized spacial score (nSPS) is 7.33. The second kappa shape index (κ2) is 7.27. The fraction of sp³-hybridized carbons (Fsp3) is 0. The third-order valence-electron chi connectivity index (χ3n) is 0.927. The molecule has 0 spiro atoms. The molecule has 0 saturated heterocycles. The van der Waals surface area contributed by atoms with Gasteiger partial charge in [0.15, 0.2) is 0 Å². The fourth-order valence-electron chi connectivity index (χ4n) is 0.555. The van der Waals surface area contributed by atoms with E-state index in [1.807, 2.05) is 6.07 Å². The minimum Gasteiger partial charge on any atom is -0.429 e. The fourth-order valence-corrected chi connectivity index (χ4v) is 0.555. The summed E-state index contributed by atoms with van der Waals surface area (Å²) in [5.74, 6) is 0.576. The predicted molar refractivity (Wildman–Crippen MR) is 43.4 cm³/mol. The van der Waals surface area contributed by atoms with Crippen LogP contribution in [0.2, 0.25) is 0 Å². The zero-order chi connectivity index (χ0) is 9.23. The summed E-state index contributed by atoms with van der Waals surface area (Å²) in [6.45, 7) is 0.412. The molecule has 0 saturated carbocycles. The van der Waals surface area contributed by atoms with Crippen molar-refractivity contribution in [2.24, 2.45) is 5.73 Å². The summed E-state index contributed by atoms with van der Waals surface area (Å²) in [5.41, 5.74) is 4.17. The molecule has 4 nitrogen and oxygen atoms in total. The van der Waals surface area contributed by atoms with E-state index in [0.717, 1.165) is 0 Å². The van der Waals surface area contributed by atoms with Gasteiger partial charge in [-0.05, 0) is 12.1 Å². The third kappa shape index (κ3) is 4.99. The van der Waals surface area contributed by atoms with Gasteiger partial charge in [0, 0.05) is 0 Å². The highest BCUT2D eigenvalue weighted by atomic mass is 16.5. The van der Waals surface area contributed by atoms with Gasteiger partial charge in [-0.3, -0.25) is 9.59 Å². The summed E-state index contributed by atoms with van der Waals surface area (Å²) < 4.78 is 4.53. The molecule has 0 aromatic heterocycles. The molecule has 0 aliphatic heterocycles. The molecule has 12 heavy (non-hydrogen) atoms. The maximum Gasteiger partial charge on any atom is 0.298 e. The van der Waals surface area contributed by atoms with Crippen LogP contribution in [0, 0.1) is 0 Å². The zero-order valence-electron chi connectivity index (χ0n) is 6.34. The number of hydrogen-bond donors (Lipinski definition) is 1. The molecule has 1 amide bonds. The van der Waals surface area contributed by atoms with Crippen LogP contribution in [0.25, 0.3) is 0 Å². The minimum absolute atomic E-state index is 0.250. The van der Waals surface area contributed by atoms with Crippen molar-refractivity contribution in [3.8, 4) is 5.75 Å². The lowest BCUT2D eigenvalue weighted by molar-refractivity contribution is -0.120. The van der Waals surface area contributed by atoms with Crippen molar-refractivity contribution in [3.63, 3.8) is 0 Å². The van der Waals surface area contributed by atoms with Crippen LogP contribution < -0.4 is 10.5 Å². The summed E-state index contributed by atoms with van der Waals surface area (Å²) in [5, 5.41) is 0. The molecule has 0 radical (unpaired) electrons. The maximum atomic E-state index is 9.75. The summed E-state index contributed by atoms with van der Waals surface area (Å²) >= 11 is 0. The standard InChI is InChI=1S/C7H6O2.CH3NO/c8-6-9-7-4-2-1-3-5-7;2-1-3/h1-6H;1H,(H2,2,3). The van der Waals surface area contributed by atoms with Gasteiger partial charge in [-0.15, -0.1) is 0 Å². The second-order valence-electron chi connectivity index (χ2n) is 1.66. The monoisotopic (exact) mass is 167 g/mol. The van der Waals surface area contributed by atoms with E-state index in [4.69, 9.17) is 4.79 Å². The van der Waals surface area contributed by atoms with Crippen LogP contribution >= 0.6 is 0 Å². The van der Waals surface area contributed by atoms with Crippen molar-refractivity contribution >= 4 is 12.9 Å². The van der Waals surface area contributed by atoms with Crippen molar-refractivity contribution < 1.29 is 14.3 Å². The molecule has 0 aliphatic carbocycles. The van der Waals surface area contributed by atoms with E-state index in [0.29, 0.717) is 12.2 Å². The van der Waals surface area contributed by atoms with Gasteiger partial charge in [0.1, 0.15) is 5.75 Å². The van der Waals surface area contributed by atoms with E-state index in [1.165, 1.54) is 0 Å². The van der Waals surface area contributed by atoms with E-state index >= 15 is 0 Å². The van der Waals surface area contributed by atoms with Crippen LogP contribution in [-0.2, 0) is 9.59 Å². The van der Waals surface area contributed by atoms with Gasteiger partial charge in [0.25, 0.3) is 6.47 Å². The Bertz CT molecular complexity index is 223. The Kier molecular flexibility index (Phi) is 6.15. The SMILES string of the molecule is NC=O.O=COc1ccccc1. The lowest BCUT2D eigenvalue weighted by Gasteiger charge is -1.92. The summed E-state index contributed by atoms with van der Waals surface area (Å²) in [4.78, 5) is 18.3. The minimum atomic E-state index is 0.250. The largest absolute Gasteiger partial charge is 0.429 e. The summed E-state index contributed by atoms with van der Waals surface area (Å²) in [7, 11) is 0. The quantitative estimate of drug-likeness (QED) is 0.645. The molecule has 1 aromatic carbocycles. The van der Waals surface area contributed by atoms with Crippen LogP contribution in [-0.4, -0.2) is 12.9 Å². The van der Waals surface area contributed by atoms with Gasteiger partial charge in [0.05, 0.1) is 0 Å². The van der Waals surface area contributed by atoms with Gasteiger partial charge in [-0.2, -0.15) is 0 Å². The number of para-hydroxylation sites is 1. The van der Waals surface area contributed by atoms with Crippen molar-refractivity contribution in [2.75, 3.05) is 0 Å². The highest BCUT2D eigenvalue weighted by molar-refractivity contribution is 5.44. The molecule has 1 aromatic rings. The first-order valence-electron chi connectivity index (χ1n) is 3.16. The number of benzene rings is 1. The molecule has 4 heteroatoms. The average molecular weight is 167 g/mol. The topological polar surface area (TPSA) is 69.4 Å². The van der Waals surface area contributed by atoms with Gasteiger partial charge >= 0.3 is 0 Å². The second-order valence-corrected chi connectivity index (χ2v) is 1.66. The first kappa shape index (κ1) is 10.2. The number of ether oxygens (including phenoxy) is 1. The smallest absolute Gasteiger partial charge is 0.298 e. The summed E-state index contributed by atoms with van der Waals surface area (Å²) in [6.07, 6.45) is 0.250. The molecule has 2 N–H and O–H groups in total. The van der Waals surface area contributed by atoms with Crippen LogP contribution in [0.3, 0.4) is 0 Å². The first-order chi connectivity index (χ1) is 5.85. The Balaban J connectivity index is 0.000000354. The van der Waals surface area contributed by atoms with Crippen molar-refractivity contribution in [2.45, 2.75) is 0 Å². The number of carbonyl (C=O) groups is 2. The van der Waals surface area contributed by atoms with E-state index in [9.17, 15) is 4.79 Å². The Morgan fingerprint density at radius 1 is 1.17 bits per heavy atom. The third-order valence-corrected chi connectivity index (χ3v) is 0.927.